The summed E-state index contributed by atoms with van der Waals surface area (Å²) in [5, 5.41) is 0. The van der Waals surface area contributed by atoms with E-state index < -0.39 is 18.4 Å². The number of methoxy groups -OCH3 is 5. The average Bonchev–Trinajstić information content (AvgIpc) is 2.75. The van der Waals surface area contributed by atoms with Crippen LogP contribution in [0.15, 0.2) is 30.3 Å². The number of rotatable bonds is 9. The first-order valence-corrected chi connectivity index (χ1v) is 8.21. The maximum Gasteiger partial charge on any atom is 0.342 e. The molecule has 0 spiro atoms. The lowest BCUT2D eigenvalue weighted by molar-refractivity contribution is 0.0471. The molecule has 150 valence electrons. The Morgan fingerprint density at radius 2 is 1.21 bits per heavy atom. The molecule has 0 amide bonds. The maximum atomic E-state index is 12.5. The number of Topliss-reactive ketones (excluding diaryl/α,β-unsaturated/α-hetero) is 1. The summed E-state index contributed by atoms with van der Waals surface area (Å²) < 4.78 is 31.0. The Labute approximate surface area is 162 Å². The Kier molecular flexibility index (Phi) is 7.08. The van der Waals surface area contributed by atoms with Gasteiger partial charge in [0.1, 0.15) is 11.3 Å². The first kappa shape index (κ1) is 20.9. The summed E-state index contributed by atoms with van der Waals surface area (Å²) in [6, 6.07) is 7.62. The molecular formula is C20H22O8. The van der Waals surface area contributed by atoms with Gasteiger partial charge in [-0.2, -0.15) is 0 Å². The third-order valence-electron chi connectivity index (χ3n) is 3.97. The molecule has 0 radical (unpaired) electrons. The SMILES string of the molecule is COc1ccc(C(=O)COC(=O)c2cc(OC)c(OC)cc2OC)cc1OC. The minimum absolute atomic E-state index is 0.111. The molecule has 0 aliphatic carbocycles. The maximum absolute atomic E-state index is 12.5. The third kappa shape index (κ3) is 4.46. The predicted octanol–water partition coefficient (Wildman–Crippen LogP) is 2.77. The van der Waals surface area contributed by atoms with Gasteiger partial charge in [-0.15, -0.1) is 0 Å². The summed E-state index contributed by atoms with van der Waals surface area (Å²) >= 11 is 0. The van der Waals surface area contributed by atoms with Crippen LogP contribution in [0, 0.1) is 0 Å². The van der Waals surface area contributed by atoms with Gasteiger partial charge >= 0.3 is 5.97 Å². The van der Waals surface area contributed by atoms with Gasteiger partial charge in [0.15, 0.2) is 35.4 Å². The van der Waals surface area contributed by atoms with E-state index in [0.717, 1.165) is 0 Å². The molecule has 0 unspecified atom stereocenters. The van der Waals surface area contributed by atoms with Gasteiger partial charge in [0, 0.05) is 17.7 Å². The molecule has 2 aromatic rings. The fourth-order valence-electron chi connectivity index (χ4n) is 2.49. The van der Waals surface area contributed by atoms with Crippen molar-refractivity contribution in [2.24, 2.45) is 0 Å². The molecule has 2 aromatic carbocycles. The Morgan fingerprint density at radius 3 is 1.79 bits per heavy atom. The van der Waals surface area contributed by atoms with Crippen LogP contribution in [0.3, 0.4) is 0 Å². The van der Waals surface area contributed by atoms with Crippen LogP contribution in [0.2, 0.25) is 0 Å². The molecule has 0 bridgehead atoms. The number of hydrogen-bond acceptors (Lipinski definition) is 8. The smallest absolute Gasteiger partial charge is 0.342 e. The highest BCUT2D eigenvalue weighted by Gasteiger charge is 2.20. The molecular weight excluding hydrogens is 368 g/mol. The van der Waals surface area contributed by atoms with Crippen molar-refractivity contribution in [1.29, 1.82) is 0 Å². The molecule has 0 atom stereocenters. The van der Waals surface area contributed by atoms with E-state index in [1.807, 2.05) is 0 Å². The average molecular weight is 390 g/mol. The van der Waals surface area contributed by atoms with Gasteiger partial charge in [-0.3, -0.25) is 4.79 Å². The molecule has 0 fully saturated rings. The fraction of sp³-hybridized carbons (Fsp3) is 0.300. The molecule has 8 nitrogen and oxygen atoms in total. The number of esters is 1. The lowest BCUT2D eigenvalue weighted by Gasteiger charge is -2.13. The van der Waals surface area contributed by atoms with Crippen LogP contribution in [0.1, 0.15) is 20.7 Å². The second-order valence-electron chi connectivity index (χ2n) is 5.48. The Bertz CT molecular complexity index is 860. The van der Waals surface area contributed by atoms with E-state index in [9.17, 15) is 9.59 Å². The van der Waals surface area contributed by atoms with Crippen LogP contribution in [0.4, 0.5) is 0 Å². The summed E-state index contributed by atoms with van der Waals surface area (Å²) in [4.78, 5) is 24.8. The summed E-state index contributed by atoms with van der Waals surface area (Å²) in [6.07, 6.45) is 0. The second kappa shape index (κ2) is 9.50. The van der Waals surface area contributed by atoms with Crippen molar-refractivity contribution in [2.75, 3.05) is 42.2 Å². The summed E-state index contributed by atoms with van der Waals surface area (Å²) in [6.45, 7) is -0.453. The molecule has 8 heteroatoms. The van der Waals surface area contributed by atoms with E-state index in [4.69, 9.17) is 28.4 Å². The molecule has 0 aromatic heterocycles. The third-order valence-corrected chi connectivity index (χ3v) is 3.97. The van der Waals surface area contributed by atoms with Crippen molar-refractivity contribution in [3.05, 3.63) is 41.5 Å². The lowest BCUT2D eigenvalue weighted by atomic mass is 10.1. The lowest BCUT2D eigenvalue weighted by Crippen LogP contribution is -2.15. The highest BCUT2D eigenvalue weighted by Crippen LogP contribution is 2.35. The molecule has 0 saturated carbocycles. The van der Waals surface area contributed by atoms with E-state index in [-0.39, 0.29) is 11.3 Å². The number of ketones is 1. The van der Waals surface area contributed by atoms with E-state index in [1.165, 1.54) is 53.7 Å². The molecule has 28 heavy (non-hydrogen) atoms. The summed E-state index contributed by atoms with van der Waals surface area (Å²) in [5.74, 6) is 0.743. The minimum atomic E-state index is -0.730. The first-order chi connectivity index (χ1) is 13.5. The second-order valence-corrected chi connectivity index (χ2v) is 5.48. The summed E-state index contributed by atoms with van der Waals surface area (Å²) in [5.41, 5.74) is 0.435. The highest BCUT2D eigenvalue weighted by molar-refractivity contribution is 6.00. The molecule has 0 saturated heterocycles. The zero-order valence-corrected chi connectivity index (χ0v) is 16.4. The van der Waals surface area contributed by atoms with Crippen molar-refractivity contribution in [3.63, 3.8) is 0 Å². The Hall–Kier alpha value is -3.42. The van der Waals surface area contributed by atoms with Gasteiger partial charge in [0.25, 0.3) is 0 Å². The standard InChI is InChI=1S/C20H22O8/c1-23-15-7-6-12(8-17(15)25-3)14(21)11-28-20(22)13-9-18(26-4)19(27-5)10-16(13)24-2/h6-10H,11H2,1-5H3. The number of ether oxygens (including phenoxy) is 6. The molecule has 2 rings (SSSR count). The predicted molar refractivity (Wildman–Crippen MR) is 100 cm³/mol. The summed E-state index contributed by atoms with van der Waals surface area (Å²) in [7, 11) is 7.29. The van der Waals surface area contributed by atoms with E-state index in [2.05, 4.69) is 0 Å². The number of carbonyl (C=O) groups excluding carboxylic acids is 2. The van der Waals surface area contributed by atoms with Crippen LogP contribution in [0.25, 0.3) is 0 Å². The normalized spacial score (nSPS) is 10.0. The van der Waals surface area contributed by atoms with Gasteiger partial charge in [0.2, 0.25) is 0 Å². The van der Waals surface area contributed by atoms with Crippen LogP contribution < -0.4 is 23.7 Å². The van der Waals surface area contributed by atoms with Crippen molar-refractivity contribution in [3.8, 4) is 28.7 Å². The molecule has 0 aliphatic heterocycles. The van der Waals surface area contributed by atoms with Crippen LogP contribution >= 0.6 is 0 Å². The van der Waals surface area contributed by atoms with Crippen LogP contribution in [-0.2, 0) is 4.74 Å². The fourth-order valence-corrected chi connectivity index (χ4v) is 2.49. The zero-order valence-electron chi connectivity index (χ0n) is 16.4. The topological polar surface area (TPSA) is 89.5 Å². The van der Waals surface area contributed by atoms with Crippen molar-refractivity contribution in [2.45, 2.75) is 0 Å². The van der Waals surface area contributed by atoms with Crippen molar-refractivity contribution >= 4 is 11.8 Å². The van der Waals surface area contributed by atoms with Crippen molar-refractivity contribution < 1.29 is 38.0 Å². The molecule has 0 heterocycles. The number of benzene rings is 2. The van der Waals surface area contributed by atoms with Gasteiger partial charge in [-0.25, -0.2) is 4.79 Å². The largest absolute Gasteiger partial charge is 0.496 e. The number of carbonyl (C=O) groups is 2. The van der Waals surface area contributed by atoms with Gasteiger partial charge in [-0.05, 0) is 18.2 Å². The quantitative estimate of drug-likeness (QED) is 0.477. The highest BCUT2D eigenvalue weighted by atomic mass is 16.5. The molecule has 0 aliphatic rings. The van der Waals surface area contributed by atoms with Crippen LogP contribution in [0.5, 0.6) is 28.7 Å². The van der Waals surface area contributed by atoms with E-state index >= 15 is 0 Å². The minimum Gasteiger partial charge on any atom is -0.496 e. The van der Waals surface area contributed by atoms with Gasteiger partial charge in [0.05, 0.1) is 35.5 Å². The Balaban J connectivity index is 2.16. The van der Waals surface area contributed by atoms with Crippen molar-refractivity contribution in [1.82, 2.24) is 0 Å². The Morgan fingerprint density at radius 1 is 0.679 bits per heavy atom. The van der Waals surface area contributed by atoms with Gasteiger partial charge < -0.3 is 28.4 Å². The van der Waals surface area contributed by atoms with Crippen LogP contribution in [-0.4, -0.2) is 53.9 Å². The zero-order chi connectivity index (χ0) is 20.7. The van der Waals surface area contributed by atoms with E-state index in [1.54, 1.807) is 12.1 Å². The monoisotopic (exact) mass is 390 g/mol. The first-order valence-electron chi connectivity index (χ1n) is 8.21. The van der Waals surface area contributed by atoms with E-state index in [0.29, 0.717) is 28.6 Å². The molecule has 0 N–H and O–H groups in total. The number of hydrogen-bond donors (Lipinski definition) is 0. The van der Waals surface area contributed by atoms with Gasteiger partial charge in [-0.1, -0.05) is 0 Å².